The van der Waals surface area contributed by atoms with E-state index in [1.165, 1.54) is 50.2 Å². The number of amides is 4. The summed E-state index contributed by atoms with van der Waals surface area (Å²) in [5, 5.41) is 61.0. The maximum atomic E-state index is 15.8. The van der Waals surface area contributed by atoms with E-state index in [9.17, 15) is 78.0 Å². The van der Waals surface area contributed by atoms with Crippen LogP contribution in [0.25, 0.3) is 11.2 Å². The van der Waals surface area contributed by atoms with Crippen LogP contribution in [-0.2, 0) is 89.3 Å². The van der Waals surface area contributed by atoms with E-state index in [1.54, 1.807) is 137 Å². The van der Waals surface area contributed by atoms with Crippen molar-refractivity contribution in [1.29, 1.82) is 0 Å². The van der Waals surface area contributed by atoms with Gasteiger partial charge in [0, 0.05) is 106 Å². The Labute approximate surface area is 840 Å². The van der Waals surface area contributed by atoms with Gasteiger partial charge in [-0.1, -0.05) is 155 Å². The predicted molar refractivity (Wildman–Crippen MR) is 534 cm³/mol. The Hall–Kier alpha value is -14.6. The van der Waals surface area contributed by atoms with Gasteiger partial charge in [0.2, 0.25) is 29.8 Å². The van der Waals surface area contributed by atoms with Gasteiger partial charge in [0.05, 0.1) is 59.3 Å². The number of carboxylic acids is 2. The second kappa shape index (κ2) is 50.1. The zero-order valence-corrected chi connectivity index (χ0v) is 83.3. The largest absolute Gasteiger partial charge is 0.480 e. The summed E-state index contributed by atoms with van der Waals surface area (Å²) in [5.41, 5.74) is 17.3. The molecule has 4 amide bonds. The Balaban J connectivity index is 0.000000278. The average Bonchev–Trinajstić information content (AvgIpc) is 0.665. The van der Waals surface area contributed by atoms with Gasteiger partial charge in [-0.25, -0.2) is 33.9 Å². The number of aliphatic carboxylic acids is 2. The van der Waals surface area contributed by atoms with Gasteiger partial charge >= 0.3 is 41.8 Å². The fourth-order valence-corrected chi connectivity index (χ4v) is 19.5. The lowest BCUT2D eigenvalue weighted by atomic mass is 9.44. The van der Waals surface area contributed by atoms with Gasteiger partial charge in [-0.05, 0) is 168 Å². The van der Waals surface area contributed by atoms with Gasteiger partial charge in [0.1, 0.15) is 47.8 Å². The van der Waals surface area contributed by atoms with Crippen LogP contribution in [0.2, 0.25) is 0 Å². The molecule has 4 aliphatic rings. The summed E-state index contributed by atoms with van der Waals surface area (Å²) in [5.74, 6) is -14.6. The fourth-order valence-electron chi connectivity index (χ4n) is 19.5. The topological polar surface area (TPSA) is 581 Å². The Bertz CT molecular complexity index is 6040. The van der Waals surface area contributed by atoms with Crippen molar-refractivity contribution in [2.24, 2.45) is 39.4 Å². The number of carboxylic acid groups (broad SMARTS) is 2. The van der Waals surface area contributed by atoms with Crippen molar-refractivity contribution in [1.82, 2.24) is 46.6 Å². The minimum atomic E-state index is -2.46. The molecule has 6 aromatic carbocycles. The minimum Gasteiger partial charge on any atom is -0.480 e. The normalized spacial score (nSPS) is 21.1. The third-order valence-corrected chi connectivity index (χ3v) is 27.5. The molecule has 2 aromatic heterocycles. The number of nitrogens with one attached hydrogen (secondary N) is 5. The molecule has 8 aromatic rings. The molecule has 12 rings (SSSR count). The molecular weight excluding hydrogens is 1870 g/mol. The maximum absolute atomic E-state index is 15.8. The highest BCUT2D eigenvalue weighted by atomic mass is 16.6. The molecule has 1 saturated heterocycles. The molecule has 1 aliphatic heterocycles. The first-order valence-electron chi connectivity index (χ1n) is 48.7. The summed E-state index contributed by atoms with van der Waals surface area (Å²) >= 11 is 0. The molecule has 16 atom stereocenters. The van der Waals surface area contributed by atoms with Gasteiger partial charge in [-0.3, -0.25) is 43.2 Å². The molecule has 38 heteroatoms. The number of aliphatic hydroxyl groups excluding tert-OH is 1. The summed E-state index contributed by atoms with van der Waals surface area (Å²) in [4.78, 5) is 210. The minimum absolute atomic E-state index is 0.00309. The van der Waals surface area contributed by atoms with E-state index in [4.69, 9.17) is 45.6 Å². The SMILES string of the molecule is CCCC(C)C(=O)CC(Cc1ccccc1)C(=O)NC(CCCCN)C(=O)NC(CCCCNC(=O)CC[C@H](NC(=O)c1ccc(N(C)Cc2cnc3nc(N)nc(N)c3n2)cc1)C(=O)O)C(=O)O.CCN/N=C(\C)c1ccc(C(=O)O[C@H](C(=O)O[C@@H]2C[C@]3(O)[C@H](OC(=O)c4ccccc4)C4[C@@]5(OC(C)=O)CO[C@H]5C[C@@H](O)[C@]4(C)C(=O)[C@@H](OC(C)=O)C(=C2C)C3(C)C)[C@H](CC(=O)c2ccccc2)c2ccccc2)cc1. The van der Waals surface area contributed by atoms with Crippen LogP contribution in [0.5, 0.6) is 0 Å². The molecule has 3 fully saturated rings. The Kier molecular flexibility index (Phi) is 38.2. The first-order chi connectivity index (χ1) is 69.1. The number of esters is 5. The number of aliphatic hydroxyl groups is 2. The number of fused-ring (bicyclic) bond motifs is 6. The van der Waals surface area contributed by atoms with Crippen LogP contribution in [0.3, 0.4) is 0 Å². The molecule has 3 heterocycles. The van der Waals surface area contributed by atoms with Crippen molar-refractivity contribution < 1.29 is 116 Å². The number of ketones is 3. The number of nitrogens with two attached hydrogens (primary N) is 3. The highest BCUT2D eigenvalue weighted by molar-refractivity contribution is 6.02. The molecule has 38 nitrogen and oxygen atoms in total. The number of hydrogen-bond acceptors (Lipinski definition) is 32. The van der Waals surface area contributed by atoms with E-state index in [2.05, 4.69) is 51.7 Å². The van der Waals surface area contributed by atoms with Crippen LogP contribution in [0.4, 0.5) is 17.5 Å². The second-order valence-corrected chi connectivity index (χ2v) is 37.9. The van der Waals surface area contributed by atoms with Gasteiger partial charge < -0.3 is 97.6 Å². The number of nitrogen functional groups attached to an aromatic ring is 2. The average molecular weight is 2000 g/mol. The molecule has 2 bridgehead atoms. The number of Topliss-reactive ketones (excluding diaryl/α,β-unsaturated/α-hetero) is 3. The molecule has 0 spiro atoms. The van der Waals surface area contributed by atoms with Crippen molar-refractivity contribution in [2.75, 3.05) is 49.7 Å². The second-order valence-electron chi connectivity index (χ2n) is 37.9. The van der Waals surface area contributed by atoms with E-state index in [0.717, 1.165) is 31.5 Å². The van der Waals surface area contributed by atoms with E-state index in [0.29, 0.717) is 85.4 Å². The number of anilines is 3. The quantitative estimate of drug-likeness (QED) is 0.00321. The highest BCUT2D eigenvalue weighted by Crippen LogP contribution is 2.65. The standard InChI is InChI=1S/C59H64N2O15.C48H66N12O9/c1-9-60-61-34(3)37-25-27-41(28-26-37)53(67)74-48(42(38-19-13-10-14-20-38)29-43(64)39-21-15-11-16-22-39)55(69)73-44-31-59(70)52(75-54(68)40-23-17-12-18-24-40)50-57(8,45(65)30-46-58(50,32-71-46)76-36(5)63)51(66)49(72-35(4)62)47(33(44)2)56(59,6)7;1-4-12-29(2)38(61)26-32(25-30-13-6-5-7-14-30)44(64)55-35(15-8-10-23-49)45(65)57-36(46(66)67)16-9-11-24-52-39(62)22-21-37(47(68)69)56-43(63)31-17-19-34(20-18-31)60(3)28-33-27-53-42-40(54-33)41(50)58-48(51)59-42/h10-28,42,44-46,48-50,52,60,65,70H,9,29-32H2,1-8H3;5-7,13-14,17-20,27,29,32,35-37H,4,8-12,15-16,21-26,28,49H2,1-3H3,(H,52,62)(H,55,64)(H,56,63)(H,57,65)(H,66,67)(H,68,69)(H4,50,51,53,58,59)/b61-34+;/t42-,44-,45-,46+,48+,49+,50?,52-,57+,58-,59+;29?,32?,35?,36?,37-/m10/s1. The smallest absolute Gasteiger partial charge is 0.348 e. The number of carbonyl (C=O) groups is 14. The fraction of sp³-hybridized carbons (Fsp3) is 0.449. The number of nitrogens with zero attached hydrogens (tertiary/aromatic N) is 6. The lowest BCUT2D eigenvalue weighted by molar-refractivity contribution is -0.346. The molecular formula is C107H130N14O24. The summed E-state index contributed by atoms with van der Waals surface area (Å²) in [7, 11) is 1.81. The third kappa shape index (κ3) is 27.1. The third-order valence-electron chi connectivity index (χ3n) is 27.5. The number of unbranched alkanes of at least 4 members (excludes halogenated alkanes) is 2. The molecule has 2 saturated carbocycles. The number of hydrogen-bond donors (Lipinski definition) is 12. The molecule has 15 N–H and O–H groups in total. The van der Waals surface area contributed by atoms with Crippen LogP contribution < -0.4 is 48.8 Å². The predicted octanol–water partition coefficient (Wildman–Crippen LogP) is 9.73. The van der Waals surface area contributed by atoms with Crippen molar-refractivity contribution in [3.8, 4) is 0 Å². The van der Waals surface area contributed by atoms with Crippen molar-refractivity contribution in [3.05, 3.63) is 232 Å². The van der Waals surface area contributed by atoms with E-state index < -0.39 is 172 Å². The summed E-state index contributed by atoms with van der Waals surface area (Å²) < 4.78 is 37.3. The van der Waals surface area contributed by atoms with Crippen LogP contribution in [0, 0.1) is 28.6 Å². The summed E-state index contributed by atoms with van der Waals surface area (Å²) in [6.07, 6.45) is -6.17. The molecule has 145 heavy (non-hydrogen) atoms. The van der Waals surface area contributed by atoms with Crippen molar-refractivity contribution in [2.45, 2.75) is 244 Å². The molecule has 0 radical (unpaired) electrons. The number of hydrazone groups is 1. The number of ether oxygens (including phenoxy) is 6. The first kappa shape index (κ1) is 111. The Morgan fingerprint density at radius 1 is 0.655 bits per heavy atom. The van der Waals surface area contributed by atoms with Gasteiger partial charge in [-0.15, -0.1) is 0 Å². The number of benzene rings is 6. The van der Waals surface area contributed by atoms with Gasteiger partial charge in [0.25, 0.3) is 5.91 Å². The first-order valence-corrected chi connectivity index (χ1v) is 48.7. The maximum Gasteiger partial charge on any atom is 0.348 e. The van der Waals surface area contributed by atoms with Crippen LogP contribution in [-0.4, -0.2) is 228 Å². The van der Waals surface area contributed by atoms with E-state index in [-0.39, 0.29) is 127 Å². The van der Waals surface area contributed by atoms with Gasteiger partial charge in [0.15, 0.2) is 40.3 Å². The number of carbonyl (C=O) groups excluding carboxylic acids is 12. The summed E-state index contributed by atoms with van der Waals surface area (Å²) in [6, 6.07) is 43.1. The van der Waals surface area contributed by atoms with E-state index >= 15 is 9.59 Å². The molecule has 772 valence electrons. The lowest BCUT2D eigenvalue weighted by Crippen LogP contribution is -2.82. The van der Waals surface area contributed by atoms with Crippen LogP contribution in [0.1, 0.15) is 229 Å². The zero-order chi connectivity index (χ0) is 105. The van der Waals surface area contributed by atoms with Crippen molar-refractivity contribution >= 4 is 117 Å². The lowest BCUT2D eigenvalue weighted by Gasteiger charge is -2.67. The number of rotatable bonds is 46. The van der Waals surface area contributed by atoms with E-state index in [1.807, 2.05) is 56.0 Å². The Morgan fingerprint density at radius 3 is 1.86 bits per heavy atom. The van der Waals surface area contributed by atoms with Crippen molar-refractivity contribution in [3.63, 3.8) is 0 Å². The highest BCUT2D eigenvalue weighted by Gasteiger charge is 2.78. The molecule has 5 unspecified atom stereocenters. The molecule has 3 aliphatic carbocycles. The zero-order valence-electron chi connectivity index (χ0n) is 83.3. The number of aromatic nitrogens is 4. The summed E-state index contributed by atoms with van der Waals surface area (Å²) in [6.45, 7) is 16.9. The monoisotopic (exact) mass is 1990 g/mol. The van der Waals surface area contributed by atoms with Gasteiger partial charge in [-0.2, -0.15) is 15.1 Å². The Morgan fingerprint density at radius 2 is 1.25 bits per heavy atom. The van der Waals surface area contributed by atoms with Crippen LogP contribution >= 0.6 is 0 Å². The van der Waals surface area contributed by atoms with Crippen LogP contribution in [0.15, 0.2) is 192 Å².